The molecule has 5 aromatic carbocycles. The summed E-state index contributed by atoms with van der Waals surface area (Å²) in [6.45, 7) is 32.4. The standard InChI is InChI=1S/C21H26N2O.C13H20N2.C8H7ClO.C7H9N.C6H11NO.C4H6O4.C2H3BO2.5C2H6.Na/c1-22-14-12-20(13-15-22)23(17-19-10-6-3-7-11-19)21(24)16-18-8-4-2-5-9-18;1-15-9-7-13(8-10-15)14-11-12-5-3-2-4-6-12;9-8(10)6-7-4-2-1-3-5-7;8-6-7-4-2-1-3-5-7;1-7-4-2-6(8)3-5-7;1-3(5)7-8-4(2)6;1-2(4)5-3;5*1-2;/h2-11,20H,12-17H2,1H3;2-6,13-14H,7-11H2,1H3;1-5H,6H2;1-5H,6,8H2;2-5H2,1H3;1-2H3;1H3;5*1-2H3;/q;;;;;;-1;;;;;;+1. The number of halogens is 1. The SMILES string of the molecule is CC.CC.CC.CC.CC.CC(=O)OOC(C)=O.CN1CCC(=O)CC1.CN1CCC(N(Cc2ccccc2)C(=O)Cc2ccccc2)CC1.CN1CCC(NCc2ccccc2)CC1.NCc1ccccc1.O=C(Cl)Cc1ccccc1.[B-]OC(C)=O.[Na+]. The molecule has 0 unspecified atom stereocenters. The van der Waals surface area contributed by atoms with Crippen molar-refractivity contribution >= 4 is 54.5 Å². The van der Waals surface area contributed by atoms with Crippen molar-refractivity contribution in [2.24, 2.45) is 5.73 Å². The number of nitrogens with zero attached hydrogens (tertiary/aromatic N) is 4. The molecule has 0 saturated carbocycles. The zero-order valence-corrected chi connectivity index (χ0v) is 60.4. The minimum atomic E-state index is -0.639. The van der Waals surface area contributed by atoms with Gasteiger partial charge >= 0.3 is 41.5 Å². The van der Waals surface area contributed by atoms with Gasteiger partial charge in [0.25, 0.3) is 0 Å². The molecule has 0 bridgehead atoms. The van der Waals surface area contributed by atoms with Crippen LogP contribution in [0.25, 0.3) is 0 Å². The molecule has 1 amide bonds. The van der Waals surface area contributed by atoms with Gasteiger partial charge < -0.3 is 43.4 Å². The fourth-order valence-electron chi connectivity index (χ4n) is 7.81. The minimum Gasteiger partial charge on any atom is -0.793 e. The van der Waals surface area contributed by atoms with Crippen LogP contribution in [0, 0.1) is 0 Å². The van der Waals surface area contributed by atoms with Crippen LogP contribution in [-0.4, -0.2) is 135 Å². The molecule has 3 radical (unpaired) electrons. The first kappa shape index (κ1) is 92.2. The van der Waals surface area contributed by atoms with Crippen LogP contribution in [0.1, 0.15) is 156 Å². The smallest absolute Gasteiger partial charge is 0.793 e. The molecule has 0 spiro atoms. The number of ketones is 1. The maximum absolute atomic E-state index is 13.0. The Kier molecular flexibility index (Phi) is 67.8. The average molecular weight is 1260 g/mol. The first-order valence-corrected chi connectivity index (χ1v) is 31.8. The zero-order valence-electron chi connectivity index (χ0n) is 57.6. The monoisotopic (exact) mass is 1260 g/mol. The van der Waals surface area contributed by atoms with Crippen molar-refractivity contribution in [2.75, 3.05) is 60.4 Å². The summed E-state index contributed by atoms with van der Waals surface area (Å²) >= 11 is 5.17. The Morgan fingerprint density at radius 1 is 0.506 bits per heavy atom. The quantitative estimate of drug-likeness (QED) is 0.0552. The van der Waals surface area contributed by atoms with Crippen molar-refractivity contribution in [2.45, 2.75) is 173 Å². The van der Waals surface area contributed by atoms with Gasteiger partial charge in [-0.15, -0.1) is 0 Å². The van der Waals surface area contributed by atoms with Gasteiger partial charge in [-0.1, -0.05) is 221 Å². The number of nitrogens with two attached hydrogens (primary N) is 1. The van der Waals surface area contributed by atoms with Crippen LogP contribution in [0.4, 0.5) is 0 Å². The Morgan fingerprint density at radius 3 is 1.13 bits per heavy atom. The minimum absolute atomic E-state index is 0. The summed E-state index contributed by atoms with van der Waals surface area (Å²) in [5, 5.41) is 3.32. The van der Waals surface area contributed by atoms with Crippen LogP contribution in [0.2, 0.25) is 0 Å². The Labute approximate surface area is 567 Å². The van der Waals surface area contributed by atoms with E-state index >= 15 is 0 Å². The normalized spacial score (nSPS) is 13.0. The summed E-state index contributed by atoms with van der Waals surface area (Å²) in [6, 6.07) is 51.5. The molecular weight excluding hydrogens is 1150 g/mol. The molecule has 491 valence electrons. The number of Topliss-reactive ketones (excluding diaryl/α,β-unsaturated/α-hetero) is 1. The van der Waals surface area contributed by atoms with Crippen molar-refractivity contribution < 1.29 is 72.8 Å². The number of likely N-dealkylation sites (tertiary alicyclic amines) is 3. The number of hydrogen-bond acceptors (Lipinski definition) is 14. The molecule has 15 nitrogen and oxygen atoms in total. The molecule has 0 atom stereocenters. The van der Waals surface area contributed by atoms with Crippen molar-refractivity contribution in [1.29, 1.82) is 0 Å². The van der Waals surface area contributed by atoms with E-state index < -0.39 is 17.9 Å². The second kappa shape index (κ2) is 65.4. The molecular formula is C71H112BClN6NaO9. The van der Waals surface area contributed by atoms with Crippen molar-refractivity contribution in [1.82, 2.24) is 24.9 Å². The van der Waals surface area contributed by atoms with Crippen LogP contribution < -0.4 is 40.6 Å². The van der Waals surface area contributed by atoms with E-state index in [1.807, 2.05) is 185 Å². The van der Waals surface area contributed by atoms with Crippen LogP contribution in [0.3, 0.4) is 0 Å². The van der Waals surface area contributed by atoms with Crippen molar-refractivity contribution in [3.05, 3.63) is 179 Å². The number of piperidine rings is 3. The Bertz CT molecular complexity index is 2390. The predicted octanol–water partition coefficient (Wildman–Crippen LogP) is 10.4. The number of carbonyl (C=O) groups is 6. The van der Waals surface area contributed by atoms with Gasteiger partial charge in [0.1, 0.15) is 5.78 Å². The molecule has 3 heterocycles. The van der Waals surface area contributed by atoms with Gasteiger partial charge in [-0.25, -0.2) is 19.4 Å². The third-order valence-electron chi connectivity index (χ3n) is 12.3. The van der Waals surface area contributed by atoms with Crippen LogP contribution in [0.15, 0.2) is 152 Å². The molecule has 5 aromatic rings. The summed E-state index contributed by atoms with van der Waals surface area (Å²) in [6.07, 6.45) is 7.01. The van der Waals surface area contributed by atoms with E-state index in [1.165, 1.54) is 49.5 Å². The number of amides is 1. The van der Waals surface area contributed by atoms with Gasteiger partial charge in [0.2, 0.25) is 17.1 Å². The number of rotatable bonds is 11. The molecule has 3 aliphatic heterocycles. The van der Waals surface area contributed by atoms with E-state index in [-0.39, 0.29) is 40.7 Å². The van der Waals surface area contributed by atoms with E-state index in [1.54, 1.807) is 0 Å². The summed E-state index contributed by atoms with van der Waals surface area (Å²) < 4.78 is 3.61. The Hall–Kier alpha value is -5.53. The third-order valence-corrected chi connectivity index (χ3v) is 12.4. The predicted molar refractivity (Wildman–Crippen MR) is 366 cm³/mol. The van der Waals surface area contributed by atoms with Gasteiger partial charge in [-0.05, 0) is 112 Å². The first-order chi connectivity index (χ1) is 42.5. The van der Waals surface area contributed by atoms with Gasteiger partial charge in [0.15, 0.2) is 0 Å². The number of benzene rings is 5. The average Bonchev–Trinajstić information content (AvgIpc) is 3.65. The van der Waals surface area contributed by atoms with E-state index in [2.05, 4.69) is 104 Å². The third kappa shape index (κ3) is 55.1. The van der Waals surface area contributed by atoms with Crippen molar-refractivity contribution in [3.63, 3.8) is 0 Å². The number of nitrogens with one attached hydrogen (secondary N) is 1. The Balaban J connectivity index is -0.000000317. The summed E-state index contributed by atoms with van der Waals surface area (Å²) in [5.74, 6) is -1.09. The summed E-state index contributed by atoms with van der Waals surface area (Å²) in [5.41, 5.74) is 11.2. The molecule has 0 aromatic heterocycles. The topological polar surface area (TPSA) is 181 Å². The Morgan fingerprint density at radius 2 is 0.820 bits per heavy atom. The molecule has 8 rings (SSSR count). The molecule has 3 saturated heterocycles. The number of hydrogen-bond donors (Lipinski definition) is 2. The fraction of sp³-hybridized carbons (Fsp3) is 0.493. The van der Waals surface area contributed by atoms with E-state index in [0.29, 0.717) is 43.8 Å². The molecule has 3 aliphatic rings. The van der Waals surface area contributed by atoms with Crippen LogP contribution in [-0.2, 0) is 75.7 Å². The van der Waals surface area contributed by atoms with E-state index in [9.17, 15) is 28.8 Å². The van der Waals surface area contributed by atoms with Gasteiger partial charge in [-0.2, -0.15) is 0 Å². The fourth-order valence-corrected chi connectivity index (χ4v) is 7.96. The second-order valence-electron chi connectivity index (χ2n) is 19.0. The molecule has 0 aliphatic carbocycles. The van der Waals surface area contributed by atoms with Crippen LogP contribution in [0.5, 0.6) is 0 Å². The van der Waals surface area contributed by atoms with E-state index in [0.717, 1.165) is 83.4 Å². The maximum atomic E-state index is 13.0. The summed E-state index contributed by atoms with van der Waals surface area (Å²) in [7, 11) is 10.7. The van der Waals surface area contributed by atoms with Gasteiger partial charge in [0, 0.05) is 84.8 Å². The molecule has 3 fully saturated rings. The van der Waals surface area contributed by atoms with Crippen molar-refractivity contribution in [3.8, 4) is 0 Å². The second-order valence-corrected chi connectivity index (χ2v) is 19.4. The first-order valence-electron chi connectivity index (χ1n) is 31.4. The maximum Gasteiger partial charge on any atom is 1.00 e. The molecule has 3 N–H and O–H groups in total. The van der Waals surface area contributed by atoms with Crippen LogP contribution >= 0.6 is 11.6 Å². The van der Waals surface area contributed by atoms with E-state index in [4.69, 9.17) is 17.3 Å². The van der Waals surface area contributed by atoms with Gasteiger partial charge in [0.05, 0.1) is 6.42 Å². The number of carbonyl (C=O) groups excluding carboxylic acids is 6. The van der Waals surface area contributed by atoms with Gasteiger partial charge in [-0.3, -0.25) is 19.2 Å². The zero-order chi connectivity index (χ0) is 67.3. The summed E-state index contributed by atoms with van der Waals surface area (Å²) in [4.78, 5) is 79.8. The largest absolute Gasteiger partial charge is 1.00 e. The molecule has 89 heavy (non-hydrogen) atoms. The molecule has 18 heteroatoms.